The van der Waals surface area contributed by atoms with Crippen molar-refractivity contribution in [1.82, 2.24) is 24.5 Å². The van der Waals surface area contributed by atoms with Crippen molar-refractivity contribution >= 4 is 21.7 Å². The number of hydrogen-bond donors (Lipinski definition) is 1. The molecule has 0 saturated carbocycles. The zero-order valence-corrected chi connectivity index (χ0v) is 19.0. The van der Waals surface area contributed by atoms with Gasteiger partial charge in [0, 0.05) is 23.6 Å². The van der Waals surface area contributed by atoms with Crippen LogP contribution < -0.4 is 14.2 Å². The summed E-state index contributed by atoms with van der Waals surface area (Å²) in [6, 6.07) is 18.4. The molecule has 0 saturated heterocycles. The van der Waals surface area contributed by atoms with Crippen LogP contribution in [0, 0.1) is 6.92 Å². The van der Waals surface area contributed by atoms with Crippen molar-refractivity contribution in [2.45, 2.75) is 6.92 Å². The van der Waals surface area contributed by atoms with Crippen molar-refractivity contribution in [3.05, 3.63) is 77.2 Å². The third kappa shape index (κ3) is 5.73. The molecule has 0 bridgehead atoms. The maximum absolute atomic E-state index is 12.2. The van der Waals surface area contributed by atoms with Gasteiger partial charge in [-0.2, -0.15) is 4.52 Å². The van der Waals surface area contributed by atoms with Crippen LogP contribution in [0.15, 0.2) is 66.1 Å². The molecule has 0 aliphatic rings. The first kappa shape index (κ1) is 22.4. The summed E-state index contributed by atoms with van der Waals surface area (Å²) in [6.45, 7) is 2.17. The molecule has 0 amide bonds. The lowest BCUT2D eigenvalue weighted by Crippen LogP contribution is -2.26. The molecular formula is C23H23N5O4S. The quantitative estimate of drug-likeness (QED) is 0.379. The van der Waals surface area contributed by atoms with E-state index in [1.807, 2.05) is 55.5 Å². The van der Waals surface area contributed by atoms with Crippen molar-refractivity contribution in [1.29, 1.82) is 0 Å². The van der Waals surface area contributed by atoms with Gasteiger partial charge in [0.15, 0.2) is 11.5 Å². The summed E-state index contributed by atoms with van der Waals surface area (Å²) in [6.07, 6.45) is 1.55. The fourth-order valence-corrected chi connectivity index (χ4v) is 3.82. The van der Waals surface area contributed by atoms with E-state index < -0.39 is 10.0 Å². The lowest BCUT2D eigenvalue weighted by molar-refractivity contribution is 0.306. The summed E-state index contributed by atoms with van der Waals surface area (Å²) in [4.78, 5) is 0. The molecule has 2 aromatic heterocycles. The van der Waals surface area contributed by atoms with Gasteiger partial charge in [-0.3, -0.25) is 0 Å². The summed E-state index contributed by atoms with van der Waals surface area (Å²) in [5.74, 6) is 1.55. The van der Waals surface area contributed by atoms with E-state index in [1.54, 1.807) is 29.8 Å². The SMILES string of the molecule is COc1cccc(-c2nnc3ccc(OCCNS(=O)(=O)/C=C/c4ccc(C)cc4)nn23)c1. The Morgan fingerprint density at radius 1 is 1.06 bits per heavy atom. The fourth-order valence-electron chi connectivity index (χ4n) is 3.02. The predicted molar refractivity (Wildman–Crippen MR) is 125 cm³/mol. The molecule has 0 atom stereocenters. The van der Waals surface area contributed by atoms with Gasteiger partial charge in [-0.05, 0) is 36.8 Å². The van der Waals surface area contributed by atoms with Crippen molar-refractivity contribution in [2.24, 2.45) is 0 Å². The molecule has 0 fully saturated rings. The van der Waals surface area contributed by atoms with E-state index in [9.17, 15) is 8.42 Å². The van der Waals surface area contributed by atoms with Crippen LogP contribution in [0.5, 0.6) is 11.6 Å². The number of hydrogen-bond acceptors (Lipinski definition) is 7. The molecule has 0 spiro atoms. The smallest absolute Gasteiger partial charge is 0.233 e. The summed E-state index contributed by atoms with van der Waals surface area (Å²) in [7, 11) is -1.99. The highest BCUT2D eigenvalue weighted by Crippen LogP contribution is 2.23. The molecule has 9 nitrogen and oxygen atoms in total. The van der Waals surface area contributed by atoms with Crippen LogP contribution in [0.25, 0.3) is 23.1 Å². The van der Waals surface area contributed by atoms with Crippen molar-refractivity contribution < 1.29 is 17.9 Å². The molecule has 4 rings (SSSR count). The summed E-state index contributed by atoms with van der Waals surface area (Å²) in [5, 5.41) is 13.9. The van der Waals surface area contributed by atoms with Gasteiger partial charge < -0.3 is 9.47 Å². The Labute approximate surface area is 191 Å². The second-order valence-electron chi connectivity index (χ2n) is 7.20. The van der Waals surface area contributed by atoms with Gasteiger partial charge in [0.25, 0.3) is 0 Å². The molecule has 0 unspecified atom stereocenters. The highest BCUT2D eigenvalue weighted by molar-refractivity contribution is 7.92. The van der Waals surface area contributed by atoms with Gasteiger partial charge in [0.1, 0.15) is 12.4 Å². The monoisotopic (exact) mass is 465 g/mol. The zero-order valence-electron chi connectivity index (χ0n) is 18.2. The van der Waals surface area contributed by atoms with E-state index in [1.165, 1.54) is 0 Å². The van der Waals surface area contributed by atoms with E-state index >= 15 is 0 Å². The Hall–Kier alpha value is -3.76. The van der Waals surface area contributed by atoms with E-state index in [0.29, 0.717) is 23.1 Å². The number of fused-ring (bicyclic) bond motifs is 1. The zero-order chi connectivity index (χ0) is 23.3. The Bertz CT molecular complexity index is 1380. The number of nitrogens with one attached hydrogen (secondary N) is 1. The number of sulfonamides is 1. The minimum absolute atomic E-state index is 0.0885. The number of methoxy groups -OCH3 is 1. The van der Waals surface area contributed by atoms with E-state index in [0.717, 1.165) is 22.1 Å². The Morgan fingerprint density at radius 2 is 1.88 bits per heavy atom. The first-order chi connectivity index (χ1) is 15.9. The standard InChI is InChI=1S/C23H23N5O4S/c1-17-6-8-18(9-7-17)12-15-33(29,30)24-13-14-32-22-11-10-21-25-26-23(28(21)27-22)19-4-3-5-20(16-19)31-2/h3-12,15-16,24H,13-14H2,1-2H3/b15-12+. The van der Waals surface area contributed by atoms with Crippen LogP contribution in [0.2, 0.25) is 0 Å². The van der Waals surface area contributed by atoms with Crippen molar-refractivity contribution in [2.75, 3.05) is 20.3 Å². The van der Waals surface area contributed by atoms with Gasteiger partial charge in [-0.1, -0.05) is 42.0 Å². The predicted octanol–water partition coefficient (Wildman–Crippen LogP) is 3.08. The minimum Gasteiger partial charge on any atom is -0.497 e. The van der Waals surface area contributed by atoms with E-state index in [2.05, 4.69) is 20.0 Å². The summed E-state index contributed by atoms with van der Waals surface area (Å²) < 4.78 is 39.3. The highest BCUT2D eigenvalue weighted by Gasteiger charge is 2.11. The number of rotatable bonds is 9. The van der Waals surface area contributed by atoms with Crippen molar-refractivity contribution in [3.8, 4) is 23.0 Å². The second kappa shape index (κ2) is 9.80. The molecule has 4 aromatic rings. The van der Waals surface area contributed by atoms with E-state index in [-0.39, 0.29) is 13.2 Å². The van der Waals surface area contributed by atoms with Crippen LogP contribution >= 0.6 is 0 Å². The van der Waals surface area contributed by atoms with Gasteiger partial charge >= 0.3 is 0 Å². The molecule has 0 radical (unpaired) electrons. The molecule has 33 heavy (non-hydrogen) atoms. The van der Waals surface area contributed by atoms with Crippen LogP contribution in [0.3, 0.4) is 0 Å². The molecule has 1 N–H and O–H groups in total. The average molecular weight is 466 g/mol. The first-order valence-corrected chi connectivity index (χ1v) is 11.7. The third-order valence-electron chi connectivity index (χ3n) is 4.74. The number of ether oxygens (including phenoxy) is 2. The fraction of sp³-hybridized carbons (Fsp3) is 0.174. The number of benzene rings is 2. The summed E-state index contributed by atoms with van der Waals surface area (Å²) >= 11 is 0. The van der Waals surface area contributed by atoms with Gasteiger partial charge in [-0.25, -0.2) is 13.1 Å². The lowest BCUT2D eigenvalue weighted by atomic mass is 10.2. The molecule has 2 heterocycles. The normalized spacial score (nSPS) is 11.8. The molecule has 0 aliphatic heterocycles. The lowest BCUT2D eigenvalue weighted by Gasteiger charge is -2.07. The van der Waals surface area contributed by atoms with Crippen LogP contribution in [0.4, 0.5) is 0 Å². The number of nitrogens with zero attached hydrogens (tertiary/aromatic N) is 4. The first-order valence-electron chi connectivity index (χ1n) is 10.2. The number of aromatic nitrogens is 4. The Kier molecular flexibility index (Phi) is 6.66. The van der Waals surface area contributed by atoms with Crippen LogP contribution in [-0.2, 0) is 10.0 Å². The maximum atomic E-state index is 12.2. The van der Waals surface area contributed by atoms with Crippen LogP contribution in [0.1, 0.15) is 11.1 Å². The summed E-state index contributed by atoms with van der Waals surface area (Å²) in [5.41, 5.74) is 3.27. The largest absolute Gasteiger partial charge is 0.497 e. The minimum atomic E-state index is -3.59. The average Bonchev–Trinajstić information content (AvgIpc) is 3.25. The van der Waals surface area contributed by atoms with Gasteiger partial charge in [0.2, 0.25) is 15.9 Å². The molecular weight excluding hydrogens is 442 g/mol. The second-order valence-corrected chi connectivity index (χ2v) is 8.85. The van der Waals surface area contributed by atoms with E-state index in [4.69, 9.17) is 9.47 Å². The highest BCUT2D eigenvalue weighted by atomic mass is 32.2. The maximum Gasteiger partial charge on any atom is 0.233 e. The van der Waals surface area contributed by atoms with Gasteiger partial charge in [-0.15, -0.1) is 15.3 Å². The van der Waals surface area contributed by atoms with Crippen molar-refractivity contribution in [3.63, 3.8) is 0 Å². The molecule has 0 aliphatic carbocycles. The molecule has 10 heteroatoms. The topological polar surface area (TPSA) is 108 Å². The third-order valence-corrected chi connectivity index (χ3v) is 5.84. The van der Waals surface area contributed by atoms with Gasteiger partial charge in [0.05, 0.1) is 7.11 Å². The van der Waals surface area contributed by atoms with Crippen LogP contribution in [-0.4, -0.2) is 48.5 Å². The Balaban J connectivity index is 1.38. The Morgan fingerprint density at radius 3 is 2.67 bits per heavy atom. The molecule has 170 valence electrons. The molecule has 2 aromatic carbocycles. The number of aryl methyl sites for hydroxylation is 1.